The normalized spacial score (nSPS) is 23.3. The third kappa shape index (κ3) is 6.44. The first kappa shape index (κ1) is 32.4. The zero-order valence-corrected chi connectivity index (χ0v) is 28.3. The number of nitrogens with one attached hydrogen (secondary N) is 2. The summed E-state index contributed by atoms with van der Waals surface area (Å²) in [5.74, 6) is 0.0981. The number of hydrogen-bond acceptors (Lipinski definition) is 10. The fraction of sp³-hybridized carbons (Fsp3) is 0.474. The number of rotatable bonds is 7. The third-order valence-electron chi connectivity index (χ3n) is 11.3. The van der Waals surface area contributed by atoms with Crippen LogP contribution in [0.5, 0.6) is 0 Å². The third-order valence-corrected chi connectivity index (χ3v) is 11.3. The van der Waals surface area contributed by atoms with Crippen molar-refractivity contribution in [2.75, 3.05) is 36.4 Å². The van der Waals surface area contributed by atoms with Gasteiger partial charge in [0.2, 0.25) is 11.8 Å². The summed E-state index contributed by atoms with van der Waals surface area (Å²) < 4.78 is 5.90. The number of carbonyl (C=O) groups is 3. The van der Waals surface area contributed by atoms with Gasteiger partial charge in [0.1, 0.15) is 11.5 Å². The predicted molar refractivity (Wildman–Crippen MR) is 189 cm³/mol. The highest BCUT2D eigenvalue weighted by atomic mass is 16.5. The van der Waals surface area contributed by atoms with Crippen LogP contribution >= 0.6 is 0 Å². The molecule has 3 fully saturated rings. The fourth-order valence-corrected chi connectivity index (χ4v) is 8.50. The van der Waals surface area contributed by atoms with Gasteiger partial charge in [-0.15, -0.1) is 0 Å². The maximum absolute atomic E-state index is 12.5. The van der Waals surface area contributed by atoms with Gasteiger partial charge in [-0.3, -0.25) is 24.6 Å². The van der Waals surface area contributed by atoms with Gasteiger partial charge in [-0.05, 0) is 99.5 Å². The first-order valence-corrected chi connectivity index (χ1v) is 18.2. The first-order valence-electron chi connectivity index (χ1n) is 18.2. The molecule has 1 unspecified atom stereocenters. The van der Waals surface area contributed by atoms with Crippen LogP contribution in [0.4, 0.5) is 17.3 Å². The number of imide groups is 1. The lowest BCUT2D eigenvalue weighted by Crippen LogP contribution is -2.39. The number of piperidine rings is 2. The van der Waals surface area contributed by atoms with Crippen LogP contribution in [0.3, 0.4) is 0 Å². The number of carbonyl (C=O) groups excluding carboxylic acids is 3. The number of aromatic nitrogens is 3. The van der Waals surface area contributed by atoms with Gasteiger partial charge in [0.25, 0.3) is 5.91 Å². The van der Waals surface area contributed by atoms with Gasteiger partial charge >= 0.3 is 0 Å². The van der Waals surface area contributed by atoms with Crippen molar-refractivity contribution < 1.29 is 18.9 Å². The maximum atomic E-state index is 12.5. The van der Waals surface area contributed by atoms with E-state index in [0.717, 1.165) is 100 Å². The number of hydrogen-bond donors (Lipinski definition) is 3. The molecule has 0 bridgehead atoms. The smallest absolute Gasteiger partial charge is 0.271 e. The second-order valence-corrected chi connectivity index (χ2v) is 14.3. The lowest BCUT2D eigenvalue weighted by molar-refractivity contribution is -0.134. The van der Waals surface area contributed by atoms with E-state index >= 15 is 0 Å². The fourth-order valence-electron chi connectivity index (χ4n) is 8.50. The number of nitrogens with zero attached hydrogens (tertiary/aromatic N) is 5. The second kappa shape index (κ2) is 13.8. The molecule has 0 spiro atoms. The standard InChI is InChI=1S/C38H44N8O4/c39-36(48)34-37(42-31(22-40-34)46-18-2-1-3-19-46)41-26-9-4-23(5-10-26)24-6-11-27(12-7-24)45-20-16-25-8-13-29-33(30-14-15-32(47)43-38(30)49)44-50-35(29)28(25)17-21-45/h4-5,8-10,13,22,24,27,30H,1-3,6-7,11-12,14-21H2,(H2,39,48)(H,41,42)(H,43,47,49)/t24-,27+,30?. The molecule has 4 aliphatic rings. The van der Waals surface area contributed by atoms with Gasteiger partial charge in [0, 0.05) is 55.3 Å². The van der Waals surface area contributed by atoms with Gasteiger partial charge in [-0.2, -0.15) is 0 Å². The van der Waals surface area contributed by atoms with Crippen molar-refractivity contribution in [3.05, 3.63) is 70.7 Å². The Hall–Kier alpha value is -4.84. The van der Waals surface area contributed by atoms with Crippen LogP contribution in [-0.4, -0.2) is 70.0 Å². The number of primary amides is 1. The number of fused-ring (bicyclic) bond motifs is 3. The zero-order chi connectivity index (χ0) is 34.2. The van der Waals surface area contributed by atoms with E-state index in [1.165, 1.54) is 23.1 Å². The monoisotopic (exact) mass is 676 g/mol. The summed E-state index contributed by atoms with van der Waals surface area (Å²) in [6.45, 7) is 3.85. The molecule has 4 aromatic rings. The van der Waals surface area contributed by atoms with Crippen LogP contribution in [0.1, 0.15) is 102 Å². The Morgan fingerprint density at radius 3 is 2.44 bits per heavy atom. The van der Waals surface area contributed by atoms with E-state index in [9.17, 15) is 14.4 Å². The predicted octanol–water partition coefficient (Wildman–Crippen LogP) is 5.10. The van der Waals surface area contributed by atoms with E-state index < -0.39 is 11.8 Å². The van der Waals surface area contributed by atoms with Crippen LogP contribution in [0.2, 0.25) is 0 Å². The summed E-state index contributed by atoms with van der Waals surface area (Å²) >= 11 is 0. The van der Waals surface area contributed by atoms with Gasteiger partial charge in [0.15, 0.2) is 17.1 Å². The largest absolute Gasteiger partial charge is 0.364 e. The molecule has 3 aliphatic heterocycles. The molecule has 5 heterocycles. The Labute approximate surface area is 291 Å². The number of benzene rings is 2. The highest BCUT2D eigenvalue weighted by Crippen LogP contribution is 2.38. The van der Waals surface area contributed by atoms with Crippen LogP contribution in [0.15, 0.2) is 47.1 Å². The summed E-state index contributed by atoms with van der Waals surface area (Å²) in [7, 11) is 0. The van der Waals surface area contributed by atoms with Crippen molar-refractivity contribution in [1.82, 2.24) is 25.3 Å². The molecule has 12 heteroatoms. The minimum Gasteiger partial charge on any atom is -0.364 e. The van der Waals surface area contributed by atoms with E-state index in [1.54, 1.807) is 6.20 Å². The summed E-state index contributed by atoms with van der Waals surface area (Å²) in [6.07, 6.45) is 12.3. The molecule has 2 saturated heterocycles. The molecule has 3 amide bonds. The molecule has 50 heavy (non-hydrogen) atoms. The van der Waals surface area contributed by atoms with E-state index in [-0.39, 0.29) is 17.5 Å². The average molecular weight is 677 g/mol. The molecule has 2 aromatic carbocycles. The lowest BCUT2D eigenvalue weighted by Gasteiger charge is -2.36. The van der Waals surface area contributed by atoms with Gasteiger partial charge < -0.3 is 20.5 Å². The van der Waals surface area contributed by atoms with Crippen LogP contribution < -0.4 is 21.3 Å². The average Bonchev–Trinajstić information content (AvgIpc) is 3.44. The molecule has 1 saturated carbocycles. The summed E-state index contributed by atoms with van der Waals surface area (Å²) in [5, 5.41) is 11.0. The van der Waals surface area contributed by atoms with Crippen LogP contribution in [0, 0.1) is 0 Å². The Morgan fingerprint density at radius 1 is 0.900 bits per heavy atom. The number of anilines is 3. The van der Waals surface area contributed by atoms with Crippen molar-refractivity contribution in [3.63, 3.8) is 0 Å². The quantitative estimate of drug-likeness (QED) is 0.225. The van der Waals surface area contributed by atoms with Crippen LogP contribution in [0.25, 0.3) is 11.0 Å². The molecule has 260 valence electrons. The Balaban J connectivity index is 0.887. The second-order valence-electron chi connectivity index (χ2n) is 14.3. The molecule has 2 aromatic heterocycles. The minimum absolute atomic E-state index is 0.145. The van der Waals surface area contributed by atoms with Gasteiger partial charge in [-0.1, -0.05) is 23.4 Å². The summed E-state index contributed by atoms with van der Waals surface area (Å²) in [4.78, 5) is 50.4. The van der Waals surface area contributed by atoms with Crippen molar-refractivity contribution in [3.8, 4) is 0 Å². The van der Waals surface area contributed by atoms with Crippen molar-refractivity contribution in [2.45, 2.75) is 88.5 Å². The highest BCUT2D eigenvalue weighted by molar-refractivity contribution is 6.02. The van der Waals surface area contributed by atoms with Crippen LogP contribution in [-0.2, 0) is 22.4 Å². The van der Waals surface area contributed by atoms with E-state index in [1.807, 2.05) is 6.07 Å². The van der Waals surface area contributed by atoms with E-state index in [4.69, 9.17) is 15.2 Å². The zero-order valence-electron chi connectivity index (χ0n) is 28.3. The number of nitrogens with two attached hydrogens (primary N) is 1. The minimum atomic E-state index is -0.600. The number of amides is 3. The Bertz CT molecular complexity index is 1910. The molecule has 8 rings (SSSR count). The van der Waals surface area contributed by atoms with Crippen molar-refractivity contribution in [2.24, 2.45) is 5.73 Å². The Morgan fingerprint density at radius 2 is 1.68 bits per heavy atom. The SMILES string of the molecule is NC(=O)c1ncc(N2CCCCC2)nc1Nc1ccc([C@H]2CC[C@@H](N3CCc4ccc5c(C6CCC(=O)NC6=O)noc5c4CC3)CC2)cc1. The molecule has 12 nitrogen and oxygen atoms in total. The molecular weight excluding hydrogens is 632 g/mol. The van der Waals surface area contributed by atoms with Gasteiger partial charge in [0.05, 0.1) is 12.1 Å². The van der Waals surface area contributed by atoms with E-state index in [2.05, 4.69) is 60.9 Å². The Kier molecular flexibility index (Phi) is 8.94. The van der Waals surface area contributed by atoms with Gasteiger partial charge in [-0.25, -0.2) is 9.97 Å². The van der Waals surface area contributed by atoms with Crippen molar-refractivity contribution in [1.29, 1.82) is 0 Å². The highest BCUT2D eigenvalue weighted by Gasteiger charge is 2.34. The lowest BCUT2D eigenvalue weighted by atomic mass is 9.81. The van der Waals surface area contributed by atoms with E-state index in [0.29, 0.717) is 36.3 Å². The topological polar surface area (TPSA) is 160 Å². The molecule has 1 aliphatic carbocycles. The first-order chi connectivity index (χ1) is 24.4. The molecule has 1 atom stereocenters. The molecular formula is C38H44N8O4. The maximum Gasteiger partial charge on any atom is 0.271 e. The molecule has 4 N–H and O–H groups in total. The molecule has 0 radical (unpaired) electrons. The van der Waals surface area contributed by atoms with Crippen molar-refractivity contribution >= 4 is 46.0 Å². The summed E-state index contributed by atoms with van der Waals surface area (Å²) in [5.41, 5.74) is 11.9. The summed E-state index contributed by atoms with van der Waals surface area (Å²) in [6, 6.07) is 13.3.